The number of hydrogen-bond acceptors (Lipinski definition) is 1. The molecule has 0 aliphatic carbocycles. The van der Waals surface area contributed by atoms with Gasteiger partial charge in [-0.2, -0.15) is 0 Å². The summed E-state index contributed by atoms with van der Waals surface area (Å²) in [6.07, 6.45) is 0. The molecular formula is C3H8NS+. The van der Waals surface area contributed by atoms with Crippen molar-refractivity contribution in [3.8, 4) is 0 Å². The Hall–Kier alpha value is 0.0200. The Morgan fingerprint density at radius 1 is 1.60 bits per heavy atom. The second kappa shape index (κ2) is 2.27. The summed E-state index contributed by atoms with van der Waals surface area (Å²) in [5, 5.41) is 0.468. The van der Waals surface area contributed by atoms with Crippen molar-refractivity contribution in [3.05, 3.63) is 0 Å². The summed E-state index contributed by atoms with van der Waals surface area (Å²) in [5.74, 6) is 0. The fraction of sp³-hybridized carbons (Fsp3) is 1.00. The van der Waals surface area contributed by atoms with Gasteiger partial charge in [-0.1, -0.05) is 0 Å². The molecule has 0 rings (SSSR count). The van der Waals surface area contributed by atoms with Gasteiger partial charge < -0.3 is 0 Å². The molecule has 0 aliphatic rings. The zero-order valence-corrected chi connectivity index (χ0v) is 4.30. The van der Waals surface area contributed by atoms with E-state index in [2.05, 4.69) is 0 Å². The van der Waals surface area contributed by atoms with Crippen molar-refractivity contribution in [1.82, 2.24) is 0 Å². The van der Waals surface area contributed by atoms with Gasteiger partial charge in [0.1, 0.15) is 0 Å². The van der Waals surface area contributed by atoms with Gasteiger partial charge in [-0.15, -0.1) is 0 Å². The van der Waals surface area contributed by atoms with Gasteiger partial charge in [-0.25, -0.2) is 0 Å². The molecule has 1 nitrogen and oxygen atoms in total. The molecule has 0 aromatic carbocycles. The molecule has 0 aromatic heterocycles. The van der Waals surface area contributed by atoms with Crippen LogP contribution in [0.3, 0.4) is 0 Å². The predicted octanol–water partition coefficient (Wildman–Crippen LogP) is 1.24. The lowest BCUT2D eigenvalue weighted by Crippen LogP contribution is -1.84. The van der Waals surface area contributed by atoms with Crippen molar-refractivity contribution < 1.29 is 0 Å². The van der Waals surface area contributed by atoms with Gasteiger partial charge in [0.05, 0.1) is 0 Å². The first-order valence-electron chi connectivity index (χ1n) is 1.59. The summed E-state index contributed by atoms with van der Waals surface area (Å²) in [4.78, 5) is 0. The van der Waals surface area contributed by atoms with E-state index in [9.17, 15) is 0 Å². The average Bonchev–Trinajstić information content (AvgIpc) is 1.38. The Labute approximate surface area is 36.3 Å². The molecule has 2 heteroatoms. The molecule has 0 fully saturated rings. The van der Waals surface area contributed by atoms with E-state index in [1.54, 1.807) is 0 Å². The van der Waals surface area contributed by atoms with Crippen molar-refractivity contribution in [2.45, 2.75) is 19.1 Å². The van der Waals surface area contributed by atoms with Crippen molar-refractivity contribution in [1.29, 1.82) is 4.78 Å². The third-order valence-electron chi connectivity index (χ3n) is 0.236. The lowest BCUT2D eigenvalue weighted by atomic mass is 10.6. The SMILES string of the molecule is CC(C)[S+]=N. The predicted molar refractivity (Wildman–Crippen MR) is 25.2 cm³/mol. The van der Waals surface area contributed by atoms with Gasteiger partial charge in [0, 0.05) is 0 Å². The number of rotatable bonds is 1. The lowest BCUT2D eigenvalue weighted by molar-refractivity contribution is 1.11. The standard InChI is InChI=1S/C3H8NS/c1-3(2)5-4/h3-4H,1-2H3/q+1. The highest BCUT2D eigenvalue weighted by Gasteiger charge is 1.95. The van der Waals surface area contributed by atoms with E-state index in [1.165, 1.54) is 0 Å². The molecular weight excluding hydrogens is 82.1 g/mol. The molecule has 0 amide bonds. The lowest BCUT2D eigenvalue weighted by Gasteiger charge is -1.63. The van der Waals surface area contributed by atoms with Gasteiger partial charge in [0.25, 0.3) is 0 Å². The molecule has 0 atom stereocenters. The Bertz CT molecular complexity index is 33.9. The van der Waals surface area contributed by atoms with Crippen LogP contribution in [0.1, 0.15) is 13.8 Å². The van der Waals surface area contributed by atoms with Crippen LogP contribution in [0.4, 0.5) is 0 Å². The normalized spacial score (nSPS) is 8.60. The maximum Gasteiger partial charge on any atom is 0.310 e. The molecule has 0 radical (unpaired) electrons. The van der Waals surface area contributed by atoms with E-state index in [0.29, 0.717) is 5.25 Å². The van der Waals surface area contributed by atoms with Crippen LogP contribution < -0.4 is 0 Å². The molecule has 0 aliphatic heterocycles. The van der Waals surface area contributed by atoms with E-state index in [4.69, 9.17) is 4.78 Å². The van der Waals surface area contributed by atoms with Gasteiger partial charge in [-0.05, 0) is 18.6 Å². The van der Waals surface area contributed by atoms with Crippen LogP contribution in [-0.4, -0.2) is 5.25 Å². The molecule has 0 unspecified atom stereocenters. The third-order valence-corrected chi connectivity index (χ3v) is 0.707. The molecule has 0 saturated heterocycles. The maximum absolute atomic E-state index is 6.57. The van der Waals surface area contributed by atoms with Crippen LogP contribution in [-0.2, 0) is 11.6 Å². The molecule has 0 bridgehead atoms. The molecule has 0 spiro atoms. The monoisotopic (exact) mass is 90.0 g/mol. The Kier molecular flexibility index (Phi) is 2.28. The van der Waals surface area contributed by atoms with Crippen LogP contribution >= 0.6 is 0 Å². The van der Waals surface area contributed by atoms with Crippen molar-refractivity contribution in [2.24, 2.45) is 0 Å². The van der Waals surface area contributed by atoms with Gasteiger partial charge >= 0.3 is 11.6 Å². The number of nitrogens with one attached hydrogen (secondary N) is 1. The smallest absolute Gasteiger partial charge is 0.0404 e. The fourth-order valence-corrected chi connectivity index (χ4v) is 0. The van der Waals surface area contributed by atoms with Crippen LogP contribution in [0, 0.1) is 4.78 Å². The van der Waals surface area contributed by atoms with Crippen LogP contribution in [0.15, 0.2) is 0 Å². The Morgan fingerprint density at radius 3 is 1.80 bits per heavy atom. The second-order valence-corrected chi connectivity index (χ2v) is 2.35. The van der Waals surface area contributed by atoms with E-state index in [0.717, 1.165) is 11.6 Å². The summed E-state index contributed by atoms with van der Waals surface area (Å²) in [6, 6.07) is 0. The summed E-state index contributed by atoms with van der Waals surface area (Å²) in [7, 11) is 0. The minimum Gasteiger partial charge on any atom is -0.0404 e. The summed E-state index contributed by atoms with van der Waals surface area (Å²) in [6.45, 7) is 4.00. The van der Waals surface area contributed by atoms with E-state index < -0.39 is 0 Å². The van der Waals surface area contributed by atoms with Crippen LogP contribution in [0.25, 0.3) is 0 Å². The van der Waals surface area contributed by atoms with E-state index >= 15 is 0 Å². The van der Waals surface area contributed by atoms with Crippen LogP contribution in [0.2, 0.25) is 0 Å². The zero-order valence-electron chi connectivity index (χ0n) is 3.49. The first-order chi connectivity index (χ1) is 2.27. The summed E-state index contributed by atoms with van der Waals surface area (Å²) < 4.78 is 6.57. The van der Waals surface area contributed by atoms with Gasteiger partial charge in [-0.3, -0.25) is 0 Å². The second-order valence-electron chi connectivity index (χ2n) is 1.17. The van der Waals surface area contributed by atoms with Crippen LogP contribution in [0.5, 0.6) is 0 Å². The summed E-state index contributed by atoms with van der Waals surface area (Å²) >= 11 is 1.13. The Morgan fingerprint density at radius 2 is 1.80 bits per heavy atom. The molecule has 1 N–H and O–H groups in total. The third kappa shape index (κ3) is 4.02. The highest BCUT2D eigenvalue weighted by Crippen LogP contribution is 1.74. The minimum atomic E-state index is 0.468. The topological polar surface area (TPSA) is 23.9 Å². The van der Waals surface area contributed by atoms with Gasteiger partial charge in [0.15, 0.2) is 0 Å². The largest absolute Gasteiger partial charge is 0.310 e. The molecule has 0 aromatic rings. The number of hydrogen-bond donors (Lipinski definition) is 1. The maximum atomic E-state index is 6.57. The molecule has 5 heavy (non-hydrogen) atoms. The van der Waals surface area contributed by atoms with E-state index in [1.807, 2.05) is 13.8 Å². The quantitative estimate of drug-likeness (QED) is 0.468. The van der Waals surface area contributed by atoms with E-state index in [-0.39, 0.29) is 0 Å². The highest BCUT2D eigenvalue weighted by molar-refractivity contribution is 7.67. The molecule has 0 heterocycles. The molecule has 30 valence electrons. The first-order valence-corrected chi connectivity index (χ1v) is 2.47. The van der Waals surface area contributed by atoms with Crippen molar-refractivity contribution >= 4 is 11.6 Å². The van der Waals surface area contributed by atoms with Crippen molar-refractivity contribution in [3.63, 3.8) is 0 Å². The molecule has 0 saturated carbocycles. The average molecular weight is 90.2 g/mol. The zero-order chi connectivity index (χ0) is 4.28. The first kappa shape index (κ1) is 5.02. The highest BCUT2D eigenvalue weighted by atomic mass is 32.1. The fourth-order valence-electron chi connectivity index (χ4n) is 0. The van der Waals surface area contributed by atoms with Crippen molar-refractivity contribution in [2.75, 3.05) is 0 Å². The summed E-state index contributed by atoms with van der Waals surface area (Å²) in [5.41, 5.74) is 0. The minimum absolute atomic E-state index is 0.468. The Balaban J connectivity index is 2.83. The van der Waals surface area contributed by atoms with Gasteiger partial charge in [0.2, 0.25) is 5.25 Å².